The standard InChI is InChI=1S/C27H28F3NO5S.3H2S/c1-25-15-22(16-2-6-19(7-3-16)36-37(34,35)27(28,29)30)24-20-9-5-18(32)14-17(20)4-8-21(24)23(25)10-11-26(25,33)12-13-31;;;/h2-3,6-7,14,21-23,33H,4-5,8-12,15H2,1H3;3*1H2/t21-,22+,23-,25-,26+;;;/m0.../s1. The summed E-state index contributed by atoms with van der Waals surface area (Å²) in [5.74, 6) is -0.215. The third kappa shape index (κ3) is 5.59. The highest BCUT2D eigenvalue weighted by atomic mass is 32.2. The first-order valence-corrected chi connectivity index (χ1v) is 13.9. The van der Waals surface area contributed by atoms with E-state index in [1.54, 1.807) is 18.2 Å². The number of hydrogen-bond donors (Lipinski definition) is 1. The van der Waals surface area contributed by atoms with Crippen molar-refractivity contribution >= 4 is 56.4 Å². The molecule has 0 aliphatic heterocycles. The minimum atomic E-state index is -5.78. The van der Waals surface area contributed by atoms with Crippen LogP contribution >= 0.6 is 40.5 Å². The summed E-state index contributed by atoms with van der Waals surface area (Å²) in [6, 6.07) is 7.73. The Kier molecular flexibility index (Phi) is 10.3. The quantitative estimate of drug-likeness (QED) is 0.331. The number of halogens is 3. The SMILES string of the molecule is C[C@]12C[C@H](c3ccc(OS(=O)(=O)C(F)(F)F)cc3)C3=C4CCC(=O)C=C4CC[C@H]3[C@@H]1CC[C@@]2(O)CC#N.S.S.S. The fourth-order valence-corrected chi connectivity index (χ4v) is 7.86. The van der Waals surface area contributed by atoms with E-state index in [-0.39, 0.29) is 70.4 Å². The Bertz CT molecular complexity index is 1350. The van der Waals surface area contributed by atoms with Crippen LogP contribution in [0, 0.1) is 28.6 Å². The van der Waals surface area contributed by atoms with Crippen molar-refractivity contribution in [3.63, 3.8) is 0 Å². The average molecular weight is 638 g/mol. The van der Waals surface area contributed by atoms with Crippen LogP contribution in [0.5, 0.6) is 5.75 Å². The van der Waals surface area contributed by atoms with Gasteiger partial charge in [-0.2, -0.15) is 67.3 Å². The number of fused-ring (bicyclic) bond motifs is 4. The van der Waals surface area contributed by atoms with E-state index >= 15 is 0 Å². The molecule has 4 aliphatic rings. The highest BCUT2D eigenvalue weighted by molar-refractivity contribution is 7.88. The number of nitriles is 1. The third-order valence-electron chi connectivity index (χ3n) is 9.20. The largest absolute Gasteiger partial charge is 0.534 e. The number of aliphatic hydroxyl groups is 1. The molecule has 222 valence electrons. The van der Waals surface area contributed by atoms with E-state index < -0.39 is 32.4 Å². The topological polar surface area (TPSA) is 104 Å². The van der Waals surface area contributed by atoms with Gasteiger partial charge in [0.05, 0.1) is 18.1 Å². The van der Waals surface area contributed by atoms with Gasteiger partial charge in [-0.3, -0.25) is 4.79 Å². The zero-order valence-electron chi connectivity index (χ0n) is 21.8. The lowest BCUT2D eigenvalue weighted by atomic mass is 9.51. The minimum Gasteiger partial charge on any atom is -0.388 e. The molecule has 4 aliphatic carbocycles. The second-order valence-corrected chi connectivity index (χ2v) is 12.5. The van der Waals surface area contributed by atoms with Crippen LogP contribution in [0.2, 0.25) is 0 Å². The zero-order chi connectivity index (χ0) is 26.8. The minimum absolute atomic E-state index is 0. The van der Waals surface area contributed by atoms with E-state index in [9.17, 15) is 36.8 Å². The molecule has 0 saturated heterocycles. The number of hydrogen-bond acceptors (Lipinski definition) is 6. The maximum absolute atomic E-state index is 12.8. The van der Waals surface area contributed by atoms with Gasteiger partial charge in [0, 0.05) is 17.8 Å². The Morgan fingerprint density at radius 1 is 1.10 bits per heavy atom. The Labute approximate surface area is 253 Å². The lowest BCUT2D eigenvalue weighted by Crippen LogP contribution is -2.51. The normalized spacial score (nSPS) is 31.1. The molecule has 0 amide bonds. The van der Waals surface area contributed by atoms with Crippen LogP contribution in [0.4, 0.5) is 13.2 Å². The molecule has 6 nitrogen and oxygen atoms in total. The van der Waals surface area contributed by atoms with E-state index in [1.165, 1.54) is 23.3 Å². The summed E-state index contributed by atoms with van der Waals surface area (Å²) in [6.45, 7) is 2.04. The fraction of sp³-hybridized carbons (Fsp3) is 0.556. The van der Waals surface area contributed by atoms with Gasteiger partial charge in [0.1, 0.15) is 5.75 Å². The number of allylic oxidation sites excluding steroid dienone is 4. The molecule has 0 radical (unpaired) electrons. The van der Waals surface area contributed by atoms with E-state index in [0.717, 1.165) is 30.4 Å². The monoisotopic (exact) mass is 637 g/mol. The second kappa shape index (κ2) is 12.0. The number of alkyl halides is 3. The average Bonchev–Trinajstić information content (AvgIpc) is 3.08. The van der Waals surface area contributed by atoms with Gasteiger partial charge < -0.3 is 9.29 Å². The number of nitrogens with zero attached hydrogens (tertiary/aromatic N) is 1. The summed E-state index contributed by atoms with van der Waals surface area (Å²) in [5.41, 5.74) is -3.05. The van der Waals surface area contributed by atoms with Crippen molar-refractivity contribution in [3.05, 3.63) is 52.6 Å². The molecule has 1 aromatic carbocycles. The molecule has 0 bridgehead atoms. The number of benzene rings is 1. The Morgan fingerprint density at radius 3 is 2.35 bits per heavy atom. The van der Waals surface area contributed by atoms with E-state index in [4.69, 9.17) is 0 Å². The predicted octanol–water partition coefficient (Wildman–Crippen LogP) is 5.80. The van der Waals surface area contributed by atoms with Gasteiger partial charge in [-0.15, -0.1) is 0 Å². The molecule has 0 heterocycles. The van der Waals surface area contributed by atoms with Gasteiger partial charge in [-0.05, 0) is 85.3 Å². The van der Waals surface area contributed by atoms with Gasteiger partial charge in [0.2, 0.25) is 0 Å². The predicted molar refractivity (Wildman–Crippen MR) is 159 cm³/mol. The van der Waals surface area contributed by atoms with Gasteiger partial charge in [-0.25, -0.2) is 0 Å². The number of rotatable bonds is 4. The maximum Gasteiger partial charge on any atom is 0.534 e. The zero-order valence-corrected chi connectivity index (χ0v) is 25.7. The highest BCUT2D eigenvalue weighted by Crippen LogP contribution is 2.67. The van der Waals surface area contributed by atoms with Crippen LogP contribution in [0.15, 0.2) is 47.1 Å². The highest BCUT2D eigenvalue weighted by Gasteiger charge is 2.62. The number of carbonyl (C=O) groups excluding carboxylic acids is 1. The summed E-state index contributed by atoms with van der Waals surface area (Å²) in [7, 11) is -5.78. The van der Waals surface area contributed by atoms with E-state index in [2.05, 4.69) is 10.3 Å². The Hall–Kier alpha value is -1.59. The van der Waals surface area contributed by atoms with Crippen LogP contribution in [0.25, 0.3) is 0 Å². The van der Waals surface area contributed by atoms with Crippen molar-refractivity contribution < 1.29 is 35.7 Å². The molecule has 0 aromatic heterocycles. The van der Waals surface area contributed by atoms with E-state index in [1.807, 2.05) is 6.92 Å². The fourth-order valence-electron chi connectivity index (χ4n) is 7.40. The molecule has 13 heteroatoms. The van der Waals surface area contributed by atoms with Crippen LogP contribution < -0.4 is 4.18 Å². The summed E-state index contributed by atoms with van der Waals surface area (Å²) in [6.07, 6.45) is 6.25. The molecule has 5 rings (SSSR count). The van der Waals surface area contributed by atoms with Crippen molar-refractivity contribution in [1.29, 1.82) is 5.26 Å². The summed E-state index contributed by atoms with van der Waals surface area (Å²) < 4.78 is 65.5. The molecule has 0 spiro atoms. The van der Waals surface area contributed by atoms with Crippen molar-refractivity contribution in [2.75, 3.05) is 0 Å². The van der Waals surface area contributed by atoms with Gasteiger partial charge >= 0.3 is 15.6 Å². The van der Waals surface area contributed by atoms with Crippen molar-refractivity contribution in [2.24, 2.45) is 17.3 Å². The first kappa shape index (κ1) is 34.6. The van der Waals surface area contributed by atoms with Crippen LogP contribution in [0.3, 0.4) is 0 Å². The Morgan fingerprint density at radius 2 is 1.75 bits per heavy atom. The van der Waals surface area contributed by atoms with Gasteiger partial charge in [-0.1, -0.05) is 24.6 Å². The van der Waals surface area contributed by atoms with Crippen LogP contribution in [-0.4, -0.2) is 30.4 Å². The molecule has 40 heavy (non-hydrogen) atoms. The van der Waals surface area contributed by atoms with Crippen LogP contribution in [0.1, 0.15) is 69.8 Å². The Balaban J connectivity index is 0.00000187. The molecule has 1 N–H and O–H groups in total. The number of carbonyl (C=O) groups is 1. The molecule has 1 aromatic rings. The summed E-state index contributed by atoms with van der Waals surface area (Å²) in [5, 5.41) is 21.1. The summed E-state index contributed by atoms with van der Waals surface area (Å²) >= 11 is 0. The molecule has 0 unspecified atom stereocenters. The molecule has 5 atom stereocenters. The number of ketones is 1. The van der Waals surface area contributed by atoms with Crippen molar-refractivity contribution in [1.82, 2.24) is 0 Å². The van der Waals surface area contributed by atoms with Crippen molar-refractivity contribution in [2.45, 2.75) is 75.3 Å². The lowest BCUT2D eigenvalue weighted by molar-refractivity contribution is -0.114. The maximum atomic E-state index is 12.8. The summed E-state index contributed by atoms with van der Waals surface area (Å²) in [4.78, 5) is 12.1. The van der Waals surface area contributed by atoms with E-state index in [0.29, 0.717) is 25.7 Å². The first-order valence-electron chi connectivity index (χ1n) is 12.5. The molecule has 2 fully saturated rings. The van der Waals surface area contributed by atoms with Crippen LogP contribution in [-0.2, 0) is 14.9 Å². The smallest absolute Gasteiger partial charge is 0.388 e. The lowest BCUT2D eigenvalue weighted by Gasteiger charge is -2.54. The second-order valence-electron chi connectivity index (χ2n) is 11.0. The van der Waals surface area contributed by atoms with Crippen molar-refractivity contribution in [3.8, 4) is 11.8 Å². The first-order chi connectivity index (χ1) is 17.3. The third-order valence-corrected chi connectivity index (χ3v) is 10.2. The molecular formula is C27H34F3NO5S4. The molecule has 2 saturated carbocycles. The molecular weight excluding hydrogens is 604 g/mol. The van der Waals surface area contributed by atoms with Gasteiger partial charge in [0.25, 0.3) is 0 Å². The van der Waals surface area contributed by atoms with Gasteiger partial charge in [0.15, 0.2) is 5.78 Å².